The van der Waals surface area contributed by atoms with Crippen LogP contribution in [0, 0.1) is 13.8 Å². The highest BCUT2D eigenvalue weighted by molar-refractivity contribution is 7.11. The minimum atomic E-state index is -0.493. The van der Waals surface area contributed by atoms with Gasteiger partial charge in [-0.25, -0.2) is 9.78 Å². The molecule has 0 aliphatic rings. The molecule has 0 radical (unpaired) electrons. The maximum atomic E-state index is 11.0. The standard InChI is InChI=1S/C14H16N2O3S/c1-9-10(2)20-13(15-9)8-19-12-6-4-11(5-7-12)16-14(17)18-3/h4-7H,8H2,1-3H3,(H,16,17). The van der Waals surface area contributed by atoms with E-state index in [0.29, 0.717) is 12.3 Å². The van der Waals surface area contributed by atoms with Crippen molar-refractivity contribution < 1.29 is 14.3 Å². The number of amides is 1. The van der Waals surface area contributed by atoms with Gasteiger partial charge in [-0.3, -0.25) is 5.32 Å². The summed E-state index contributed by atoms with van der Waals surface area (Å²) >= 11 is 1.64. The third kappa shape index (κ3) is 3.71. The number of anilines is 1. The summed E-state index contributed by atoms with van der Waals surface area (Å²) in [5.74, 6) is 0.728. The van der Waals surface area contributed by atoms with E-state index >= 15 is 0 Å². The second-order valence-corrected chi connectivity index (χ2v) is 5.47. The molecule has 1 aromatic heterocycles. The first-order valence-corrected chi connectivity index (χ1v) is 6.91. The van der Waals surface area contributed by atoms with Crippen LogP contribution in [-0.4, -0.2) is 18.2 Å². The lowest BCUT2D eigenvalue weighted by Crippen LogP contribution is -2.10. The van der Waals surface area contributed by atoms with Gasteiger partial charge in [0.15, 0.2) is 0 Å². The van der Waals surface area contributed by atoms with Crippen LogP contribution in [0.15, 0.2) is 24.3 Å². The lowest BCUT2D eigenvalue weighted by molar-refractivity contribution is 0.187. The van der Waals surface area contributed by atoms with Gasteiger partial charge in [-0.15, -0.1) is 11.3 Å². The number of nitrogens with zero attached hydrogens (tertiary/aromatic N) is 1. The predicted octanol–water partition coefficient (Wildman–Crippen LogP) is 3.52. The Bertz CT molecular complexity index is 573. The van der Waals surface area contributed by atoms with Gasteiger partial charge in [0.25, 0.3) is 0 Å². The molecule has 0 atom stereocenters. The van der Waals surface area contributed by atoms with E-state index in [0.717, 1.165) is 16.5 Å². The molecule has 106 valence electrons. The van der Waals surface area contributed by atoms with Crippen LogP contribution in [0.3, 0.4) is 0 Å². The smallest absolute Gasteiger partial charge is 0.411 e. The van der Waals surface area contributed by atoms with Crippen molar-refractivity contribution >= 4 is 23.1 Å². The SMILES string of the molecule is COC(=O)Nc1ccc(OCc2nc(C)c(C)s2)cc1. The highest BCUT2D eigenvalue weighted by Crippen LogP contribution is 2.20. The molecule has 2 aromatic rings. The predicted molar refractivity (Wildman–Crippen MR) is 78.4 cm³/mol. The number of hydrogen-bond acceptors (Lipinski definition) is 5. The number of benzene rings is 1. The number of carbonyl (C=O) groups is 1. The Morgan fingerprint density at radius 3 is 2.55 bits per heavy atom. The molecule has 0 spiro atoms. The molecule has 0 saturated heterocycles. The van der Waals surface area contributed by atoms with Crippen LogP contribution in [0.4, 0.5) is 10.5 Å². The molecule has 0 unspecified atom stereocenters. The molecule has 2 rings (SSSR count). The van der Waals surface area contributed by atoms with Crippen LogP contribution in [0.25, 0.3) is 0 Å². The van der Waals surface area contributed by atoms with Gasteiger partial charge in [0, 0.05) is 10.6 Å². The van der Waals surface area contributed by atoms with Crippen molar-refractivity contribution in [3.05, 3.63) is 39.8 Å². The minimum Gasteiger partial charge on any atom is -0.486 e. The van der Waals surface area contributed by atoms with Crippen molar-refractivity contribution in [3.8, 4) is 5.75 Å². The molecule has 1 heterocycles. The minimum absolute atomic E-state index is 0.448. The molecule has 0 fully saturated rings. The molecule has 6 heteroatoms. The fourth-order valence-electron chi connectivity index (χ4n) is 1.55. The lowest BCUT2D eigenvalue weighted by atomic mass is 10.3. The van der Waals surface area contributed by atoms with Gasteiger partial charge in [-0.1, -0.05) is 0 Å². The van der Waals surface area contributed by atoms with Gasteiger partial charge in [0.1, 0.15) is 17.4 Å². The summed E-state index contributed by atoms with van der Waals surface area (Å²) in [5, 5.41) is 3.53. The summed E-state index contributed by atoms with van der Waals surface area (Å²) in [6.07, 6.45) is -0.493. The molecule has 1 N–H and O–H groups in total. The fraction of sp³-hybridized carbons (Fsp3) is 0.286. The van der Waals surface area contributed by atoms with E-state index in [-0.39, 0.29) is 0 Å². The molecule has 0 bridgehead atoms. The van der Waals surface area contributed by atoms with Crippen molar-refractivity contribution in [1.82, 2.24) is 4.98 Å². The number of carbonyl (C=O) groups excluding carboxylic acids is 1. The highest BCUT2D eigenvalue weighted by atomic mass is 32.1. The van der Waals surface area contributed by atoms with E-state index in [1.807, 2.05) is 13.8 Å². The zero-order chi connectivity index (χ0) is 14.5. The van der Waals surface area contributed by atoms with E-state index in [9.17, 15) is 4.79 Å². The molecule has 1 aromatic carbocycles. The van der Waals surface area contributed by atoms with Gasteiger partial charge in [-0.05, 0) is 38.1 Å². The third-order valence-electron chi connectivity index (χ3n) is 2.72. The number of methoxy groups -OCH3 is 1. The van der Waals surface area contributed by atoms with Crippen LogP contribution in [-0.2, 0) is 11.3 Å². The number of nitrogens with one attached hydrogen (secondary N) is 1. The van der Waals surface area contributed by atoms with Crippen LogP contribution >= 0.6 is 11.3 Å². The molecule has 20 heavy (non-hydrogen) atoms. The Morgan fingerprint density at radius 1 is 1.30 bits per heavy atom. The topological polar surface area (TPSA) is 60.5 Å². The summed E-state index contributed by atoms with van der Waals surface area (Å²) in [7, 11) is 1.32. The van der Waals surface area contributed by atoms with Gasteiger partial charge < -0.3 is 9.47 Å². The Hall–Kier alpha value is -2.08. The van der Waals surface area contributed by atoms with Crippen LogP contribution < -0.4 is 10.1 Å². The average Bonchev–Trinajstić information content (AvgIpc) is 2.77. The molecular formula is C14H16N2O3S. The number of rotatable bonds is 4. The van der Waals surface area contributed by atoms with Crippen molar-refractivity contribution in [2.45, 2.75) is 20.5 Å². The first kappa shape index (κ1) is 14.3. The molecule has 0 aliphatic heterocycles. The van der Waals surface area contributed by atoms with Gasteiger partial charge in [0.2, 0.25) is 0 Å². The molecule has 1 amide bonds. The molecule has 5 nitrogen and oxygen atoms in total. The molecule has 0 saturated carbocycles. The Morgan fingerprint density at radius 2 is 2.00 bits per heavy atom. The quantitative estimate of drug-likeness (QED) is 0.936. The zero-order valence-corrected chi connectivity index (χ0v) is 12.4. The summed E-state index contributed by atoms with van der Waals surface area (Å²) in [5.41, 5.74) is 1.70. The monoisotopic (exact) mass is 292 g/mol. The number of aromatic nitrogens is 1. The van der Waals surface area contributed by atoms with E-state index in [4.69, 9.17) is 4.74 Å². The van der Waals surface area contributed by atoms with Gasteiger partial charge >= 0.3 is 6.09 Å². The first-order chi connectivity index (χ1) is 9.58. The first-order valence-electron chi connectivity index (χ1n) is 6.09. The second kappa shape index (κ2) is 6.38. The Balaban J connectivity index is 1.92. The third-order valence-corrected chi connectivity index (χ3v) is 3.77. The number of hydrogen-bond donors (Lipinski definition) is 1. The van der Waals surface area contributed by atoms with Crippen LogP contribution in [0.2, 0.25) is 0 Å². The van der Waals surface area contributed by atoms with Crippen molar-refractivity contribution in [2.75, 3.05) is 12.4 Å². The van der Waals surface area contributed by atoms with Gasteiger partial charge in [-0.2, -0.15) is 0 Å². The van der Waals surface area contributed by atoms with Crippen molar-refractivity contribution in [1.29, 1.82) is 0 Å². The summed E-state index contributed by atoms with van der Waals surface area (Å²) < 4.78 is 10.2. The van der Waals surface area contributed by atoms with Crippen LogP contribution in [0.1, 0.15) is 15.6 Å². The zero-order valence-electron chi connectivity index (χ0n) is 11.6. The number of aryl methyl sites for hydroxylation is 2. The lowest BCUT2D eigenvalue weighted by Gasteiger charge is -2.06. The normalized spacial score (nSPS) is 10.2. The maximum absolute atomic E-state index is 11.0. The largest absolute Gasteiger partial charge is 0.486 e. The van der Waals surface area contributed by atoms with Crippen molar-refractivity contribution in [2.24, 2.45) is 0 Å². The van der Waals surface area contributed by atoms with E-state index in [2.05, 4.69) is 15.0 Å². The number of ether oxygens (including phenoxy) is 2. The van der Waals surface area contributed by atoms with Gasteiger partial charge in [0.05, 0.1) is 12.8 Å². The average molecular weight is 292 g/mol. The molecular weight excluding hydrogens is 276 g/mol. The Kier molecular flexibility index (Phi) is 4.57. The van der Waals surface area contributed by atoms with Crippen LogP contribution in [0.5, 0.6) is 5.75 Å². The Labute approximate surface area is 121 Å². The molecule has 0 aliphatic carbocycles. The summed E-state index contributed by atoms with van der Waals surface area (Å²) in [6, 6.07) is 7.09. The summed E-state index contributed by atoms with van der Waals surface area (Å²) in [4.78, 5) is 16.7. The summed E-state index contributed by atoms with van der Waals surface area (Å²) in [6.45, 7) is 4.48. The number of thiazole rings is 1. The van der Waals surface area contributed by atoms with E-state index < -0.39 is 6.09 Å². The highest BCUT2D eigenvalue weighted by Gasteiger charge is 2.05. The maximum Gasteiger partial charge on any atom is 0.411 e. The van der Waals surface area contributed by atoms with Crippen molar-refractivity contribution in [3.63, 3.8) is 0 Å². The van der Waals surface area contributed by atoms with E-state index in [1.165, 1.54) is 12.0 Å². The fourth-order valence-corrected chi connectivity index (χ4v) is 2.40. The van der Waals surface area contributed by atoms with E-state index in [1.54, 1.807) is 35.6 Å². The second-order valence-electron chi connectivity index (χ2n) is 4.18.